The third-order valence-electron chi connectivity index (χ3n) is 3.22. The Morgan fingerprint density at radius 2 is 1.90 bits per heavy atom. The van der Waals surface area contributed by atoms with E-state index in [1.165, 1.54) is 5.56 Å². The highest BCUT2D eigenvalue weighted by Gasteiger charge is 2.07. The molecule has 0 saturated carbocycles. The van der Waals surface area contributed by atoms with Crippen LogP contribution in [0.1, 0.15) is 11.1 Å². The summed E-state index contributed by atoms with van der Waals surface area (Å²) in [6.45, 7) is 0.848. The van der Waals surface area contributed by atoms with Crippen molar-refractivity contribution in [1.29, 1.82) is 5.26 Å². The number of nitrogens with two attached hydrogens (primary N) is 1. The molecule has 0 fully saturated rings. The van der Waals surface area contributed by atoms with Crippen molar-refractivity contribution in [1.82, 2.24) is 0 Å². The first-order valence-electron chi connectivity index (χ1n) is 6.35. The lowest BCUT2D eigenvalue weighted by Gasteiger charge is -2.21. The minimum absolute atomic E-state index is 0.629. The molecule has 2 aromatic carbocycles. The van der Waals surface area contributed by atoms with Crippen LogP contribution in [0.25, 0.3) is 0 Å². The first-order valence-corrected chi connectivity index (χ1v) is 7.14. The summed E-state index contributed by atoms with van der Waals surface area (Å²) in [6, 6.07) is 15.8. The molecule has 0 spiro atoms. The van der Waals surface area contributed by atoms with E-state index in [-0.39, 0.29) is 0 Å². The third-order valence-corrected chi connectivity index (χ3v) is 3.75. The van der Waals surface area contributed by atoms with Gasteiger partial charge in [0.05, 0.1) is 23.0 Å². The fraction of sp³-hybridized carbons (Fsp3) is 0.188. The maximum atomic E-state index is 8.95. The molecule has 0 bridgehead atoms. The molecule has 0 heterocycles. The van der Waals surface area contributed by atoms with Crippen LogP contribution in [-0.2, 0) is 6.42 Å². The largest absolute Gasteiger partial charge is 0.397 e. The van der Waals surface area contributed by atoms with E-state index in [9.17, 15) is 0 Å². The van der Waals surface area contributed by atoms with Gasteiger partial charge in [-0.05, 0) is 42.3 Å². The van der Waals surface area contributed by atoms with Crippen LogP contribution in [0.15, 0.2) is 46.9 Å². The Kier molecular flexibility index (Phi) is 4.65. The molecule has 3 nitrogen and oxygen atoms in total. The second-order valence-electron chi connectivity index (χ2n) is 4.68. The fourth-order valence-corrected chi connectivity index (χ4v) is 2.28. The van der Waals surface area contributed by atoms with Crippen molar-refractivity contribution in [3.05, 3.63) is 58.1 Å². The molecule has 0 aromatic heterocycles. The average Bonchev–Trinajstić information content (AvgIpc) is 2.47. The van der Waals surface area contributed by atoms with Gasteiger partial charge in [-0.3, -0.25) is 0 Å². The van der Waals surface area contributed by atoms with Gasteiger partial charge < -0.3 is 10.6 Å². The van der Waals surface area contributed by atoms with E-state index in [2.05, 4.69) is 39.0 Å². The van der Waals surface area contributed by atoms with Gasteiger partial charge >= 0.3 is 0 Å². The molecule has 0 aliphatic heterocycles. The molecule has 0 saturated heterocycles. The normalized spacial score (nSPS) is 10.1. The molecule has 2 aromatic rings. The van der Waals surface area contributed by atoms with E-state index in [0.29, 0.717) is 11.3 Å². The van der Waals surface area contributed by atoms with Crippen molar-refractivity contribution in [2.24, 2.45) is 0 Å². The summed E-state index contributed by atoms with van der Waals surface area (Å²) in [5.74, 6) is 0. The summed E-state index contributed by atoms with van der Waals surface area (Å²) in [7, 11) is 1.99. The molecule has 2 N–H and O–H groups in total. The SMILES string of the molecule is CN(CCc1ccc(Br)cc1)c1cc(C#N)ccc1N. The molecule has 0 radical (unpaired) electrons. The molecular formula is C16H16BrN3. The van der Waals surface area contributed by atoms with Crippen LogP contribution < -0.4 is 10.6 Å². The predicted molar refractivity (Wildman–Crippen MR) is 86.7 cm³/mol. The standard InChI is InChI=1S/C16H16BrN3/c1-20(9-8-12-2-5-14(17)6-3-12)16-10-13(11-18)4-7-15(16)19/h2-7,10H,8-9,19H2,1H3. The molecule has 0 aliphatic carbocycles. The lowest BCUT2D eigenvalue weighted by atomic mass is 10.1. The maximum absolute atomic E-state index is 8.95. The molecule has 0 atom stereocenters. The van der Waals surface area contributed by atoms with Gasteiger partial charge in [-0.15, -0.1) is 0 Å². The zero-order chi connectivity index (χ0) is 14.5. The van der Waals surface area contributed by atoms with Gasteiger partial charge in [0.25, 0.3) is 0 Å². The van der Waals surface area contributed by atoms with Gasteiger partial charge in [-0.25, -0.2) is 0 Å². The van der Waals surface area contributed by atoms with Gasteiger partial charge in [0.1, 0.15) is 0 Å². The molecule has 4 heteroatoms. The summed E-state index contributed by atoms with van der Waals surface area (Å²) in [5.41, 5.74) is 9.48. The van der Waals surface area contributed by atoms with Gasteiger partial charge in [0.15, 0.2) is 0 Å². The second kappa shape index (κ2) is 6.44. The summed E-state index contributed by atoms with van der Waals surface area (Å²) in [5, 5.41) is 8.95. The van der Waals surface area contributed by atoms with Gasteiger partial charge in [-0.2, -0.15) is 5.26 Å². The molecule has 0 unspecified atom stereocenters. The van der Waals surface area contributed by atoms with Crippen LogP contribution in [-0.4, -0.2) is 13.6 Å². The summed E-state index contributed by atoms with van der Waals surface area (Å²) < 4.78 is 1.08. The van der Waals surface area contributed by atoms with Crippen LogP contribution in [0.3, 0.4) is 0 Å². The number of nitrogen functional groups attached to an aromatic ring is 1. The van der Waals surface area contributed by atoms with Crippen LogP contribution in [0.4, 0.5) is 11.4 Å². The highest BCUT2D eigenvalue weighted by molar-refractivity contribution is 9.10. The second-order valence-corrected chi connectivity index (χ2v) is 5.60. The maximum Gasteiger partial charge on any atom is 0.0992 e. The first kappa shape index (κ1) is 14.4. The van der Waals surface area contributed by atoms with E-state index >= 15 is 0 Å². The third kappa shape index (κ3) is 3.52. The zero-order valence-electron chi connectivity index (χ0n) is 11.3. The number of nitrogens with zero attached hydrogens (tertiary/aromatic N) is 2. The highest BCUT2D eigenvalue weighted by atomic mass is 79.9. The minimum atomic E-state index is 0.629. The molecule has 102 valence electrons. The Bertz CT molecular complexity index is 629. The Balaban J connectivity index is 2.06. The van der Waals surface area contributed by atoms with Crippen molar-refractivity contribution in [3.8, 4) is 6.07 Å². The van der Waals surface area contributed by atoms with E-state index in [0.717, 1.165) is 23.1 Å². The van der Waals surface area contributed by atoms with Crippen LogP contribution >= 0.6 is 15.9 Å². The summed E-state index contributed by atoms with van der Waals surface area (Å²) >= 11 is 3.43. The lowest BCUT2D eigenvalue weighted by Crippen LogP contribution is -2.21. The first-order chi connectivity index (χ1) is 9.60. The summed E-state index contributed by atoms with van der Waals surface area (Å²) in [6.07, 6.45) is 0.931. The Labute approximate surface area is 127 Å². The molecule has 0 aliphatic rings. The number of rotatable bonds is 4. The van der Waals surface area contributed by atoms with Gasteiger partial charge in [-0.1, -0.05) is 28.1 Å². The number of likely N-dealkylation sites (N-methyl/N-ethyl adjacent to an activating group) is 1. The number of hydrogen-bond donors (Lipinski definition) is 1. The van der Waals surface area contributed by atoms with Gasteiger partial charge in [0.2, 0.25) is 0 Å². The Morgan fingerprint density at radius 3 is 2.55 bits per heavy atom. The van der Waals surface area contributed by atoms with Crippen LogP contribution in [0, 0.1) is 11.3 Å². The number of anilines is 2. The Morgan fingerprint density at radius 1 is 1.20 bits per heavy atom. The van der Waals surface area contributed by atoms with Crippen molar-refractivity contribution in [2.45, 2.75) is 6.42 Å². The average molecular weight is 330 g/mol. The number of benzene rings is 2. The molecule has 2 rings (SSSR count). The number of halogens is 1. The smallest absolute Gasteiger partial charge is 0.0992 e. The monoisotopic (exact) mass is 329 g/mol. The quantitative estimate of drug-likeness (QED) is 0.872. The van der Waals surface area contributed by atoms with Crippen molar-refractivity contribution in [3.63, 3.8) is 0 Å². The van der Waals surface area contributed by atoms with E-state index < -0.39 is 0 Å². The topological polar surface area (TPSA) is 53.0 Å². The predicted octanol–water partition coefficient (Wildman–Crippen LogP) is 3.58. The van der Waals surface area contributed by atoms with Crippen molar-refractivity contribution >= 4 is 27.3 Å². The van der Waals surface area contributed by atoms with E-state index in [4.69, 9.17) is 11.0 Å². The van der Waals surface area contributed by atoms with E-state index in [1.54, 1.807) is 12.1 Å². The van der Waals surface area contributed by atoms with Crippen molar-refractivity contribution in [2.75, 3.05) is 24.2 Å². The van der Waals surface area contributed by atoms with Crippen LogP contribution in [0.5, 0.6) is 0 Å². The lowest BCUT2D eigenvalue weighted by molar-refractivity contribution is 0.877. The highest BCUT2D eigenvalue weighted by Crippen LogP contribution is 2.23. The fourth-order valence-electron chi connectivity index (χ4n) is 2.01. The minimum Gasteiger partial charge on any atom is -0.397 e. The Hall–Kier alpha value is -1.99. The van der Waals surface area contributed by atoms with Gasteiger partial charge in [0, 0.05) is 18.1 Å². The molecule has 20 heavy (non-hydrogen) atoms. The van der Waals surface area contributed by atoms with E-state index in [1.807, 2.05) is 25.2 Å². The number of nitriles is 1. The molecule has 0 amide bonds. The summed E-state index contributed by atoms with van der Waals surface area (Å²) in [4.78, 5) is 2.08. The zero-order valence-corrected chi connectivity index (χ0v) is 12.9. The van der Waals surface area contributed by atoms with Crippen molar-refractivity contribution < 1.29 is 0 Å². The van der Waals surface area contributed by atoms with Crippen LogP contribution in [0.2, 0.25) is 0 Å². The molecular weight excluding hydrogens is 314 g/mol. The number of hydrogen-bond acceptors (Lipinski definition) is 3.